The number of aryl methyl sites for hydroxylation is 1. The number of ether oxygens (including phenoxy) is 3. The highest BCUT2D eigenvalue weighted by Gasteiger charge is 2.18. The van der Waals surface area contributed by atoms with Gasteiger partial charge in [0.2, 0.25) is 0 Å². The minimum absolute atomic E-state index is 0.0466. The SMILES string of the molecule is COc1ccc(NC(=O)COC(=O)COc2cc(C)ccc2Cl)c([N+](=O)[O-])c1. The van der Waals surface area contributed by atoms with Gasteiger partial charge in [-0.2, -0.15) is 0 Å². The third-order valence-corrected chi connectivity index (χ3v) is 3.78. The number of hydrogen-bond acceptors (Lipinski definition) is 7. The van der Waals surface area contributed by atoms with Crippen molar-refractivity contribution in [1.82, 2.24) is 0 Å². The lowest BCUT2D eigenvalue weighted by Gasteiger charge is -2.10. The summed E-state index contributed by atoms with van der Waals surface area (Å²) in [5.41, 5.74) is 0.499. The zero-order valence-corrected chi connectivity index (χ0v) is 15.8. The lowest BCUT2D eigenvalue weighted by atomic mass is 10.2. The van der Waals surface area contributed by atoms with Gasteiger partial charge in [0.1, 0.15) is 17.2 Å². The summed E-state index contributed by atoms with van der Waals surface area (Å²) in [6.07, 6.45) is 0. The topological polar surface area (TPSA) is 117 Å². The van der Waals surface area contributed by atoms with Crippen LogP contribution >= 0.6 is 11.6 Å². The highest BCUT2D eigenvalue weighted by molar-refractivity contribution is 6.32. The highest BCUT2D eigenvalue weighted by atomic mass is 35.5. The van der Waals surface area contributed by atoms with E-state index >= 15 is 0 Å². The number of nitrogens with zero attached hydrogens (tertiary/aromatic N) is 1. The summed E-state index contributed by atoms with van der Waals surface area (Å²) in [7, 11) is 1.36. The third-order valence-electron chi connectivity index (χ3n) is 3.47. The number of anilines is 1. The Kier molecular flexibility index (Phi) is 7.16. The van der Waals surface area contributed by atoms with Gasteiger partial charge in [-0.3, -0.25) is 14.9 Å². The average molecular weight is 409 g/mol. The molecule has 0 bridgehead atoms. The zero-order chi connectivity index (χ0) is 20.7. The van der Waals surface area contributed by atoms with E-state index in [1.165, 1.54) is 25.3 Å². The van der Waals surface area contributed by atoms with E-state index in [-0.39, 0.29) is 17.1 Å². The minimum Gasteiger partial charge on any atom is -0.496 e. The molecule has 0 atom stereocenters. The summed E-state index contributed by atoms with van der Waals surface area (Å²) in [4.78, 5) is 34.1. The molecule has 0 aliphatic rings. The first-order valence-corrected chi connectivity index (χ1v) is 8.35. The van der Waals surface area contributed by atoms with Gasteiger partial charge in [-0.15, -0.1) is 0 Å². The summed E-state index contributed by atoms with van der Waals surface area (Å²) in [6.45, 7) is 0.760. The van der Waals surface area contributed by atoms with Crippen LogP contribution < -0.4 is 14.8 Å². The first-order chi connectivity index (χ1) is 13.3. The van der Waals surface area contributed by atoms with Crippen molar-refractivity contribution in [1.29, 1.82) is 0 Å². The van der Waals surface area contributed by atoms with Crippen LogP contribution in [-0.2, 0) is 14.3 Å². The van der Waals surface area contributed by atoms with Crippen LogP contribution in [0.4, 0.5) is 11.4 Å². The molecule has 9 nitrogen and oxygen atoms in total. The van der Waals surface area contributed by atoms with Gasteiger partial charge in [0.05, 0.1) is 23.1 Å². The molecule has 10 heteroatoms. The lowest BCUT2D eigenvalue weighted by molar-refractivity contribution is -0.384. The fourth-order valence-electron chi connectivity index (χ4n) is 2.13. The molecule has 1 amide bonds. The van der Waals surface area contributed by atoms with Crippen molar-refractivity contribution in [2.45, 2.75) is 6.92 Å². The molecule has 0 aliphatic heterocycles. The number of carbonyl (C=O) groups excluding carboxylic acids is 2. The maximum Gasteiger partial charge on any atom is 0.344 e. The molecule has 2 rings (SSSR count). The molecule has 28 heavy (non-hydrogen) atoms. The van der Waals surface area contributed by atoms with Crippen LogP contribution in [0.25, 0.3) is 0 Å². The number of halogens is 1. The summed E-state index contributed by atoms with van der Waals surface area (Å²) in [6, 6.07) is 9.02. The van der Waals surface area contributed by atoms with E-state index in [9.17, 15) is 19.7 Å². The predicted octanol–water partition coefficient (Wildman–Crippen LogP) is 3.13. The van der Waals surface area contributed by atoms with E-state index in [2.05, 4.69) is 5.32 Å². The molecule has 0 heterocycles. The van der Waals surface area contributed by atoms with Crippen LogP contribution in [0.15, 0.2) is 36.4 Å². The van der Waals surface area contributed by atoms with Crippen molar-refractivity contribution in [2.75, 3.05) is 25.6 Å². The molecule has 0 saturated heterocycles. The number of esters is 1. The molecule has 2 aromatic rings. The molecular weight excluding hydrogens is 392 g/mol. The van der Waals surface area contributed by atoms with E-state index in [1.54, 1.807) is 18.2 Å². The van der Waals surface area contributed by atoms with Gasteiger partial charge in [0.25, 0.3) is 11.6 Å². The van der Waals surface area contributed by atoms with Crippen molar-refractivity contribution in [3.05, 3.63) is 57.1 Å². The number of hydrogen-bond donors (Lipinski definition) is 1. The Morgan fingerprint density at radius 3 is 2.61 bits per heavy atom. The molecule has 0 saturated carbocycles. The van der Waals surface area contributed by atoms with Crippen molar-refractivity contribution in [2.24, 2.45) is 0 Å². The molecule has 0 radical (unpaired) electrons. The Morgan fingerprint density at radius 1 is 1.18 bits per heavy atom. The van der Waals surface area contributed by atoms with E-state index in [4.69, 9.17) is 25.8 Å². The standard InChI is InChI=1S/C18H17ClN2O7/c1-11-3-5-13(19)16(7-11)27-10-18(23)28-9-17(22)20-14-6-4-12(26-2)8-15(14)21(24)25/h3-8H,9-10H2,1-2H3,(H,20,22). The number of nitrogens with one attached hydrogen (secondary N) is 1. The maximum absolute atomic E-state index is 11.9. The fraction of sp³-hybridized carbons (Fsp3) is 0.222. The van der Waals surface area contributed by atoms with Crippen LogP contribution in [0.5, 0.6) is 11.5 Å². The van der Waals surface area contributed by atoms with Gasteiger partial charge >= 0.3 is 5.97 Å². The Morgan fingerprint density at radius 2 is 1.93 bits per heavy atom. The van der Waals surface area contributed by atoms with Crippen LogP contribution in [0.1, 0.15) is 5.56 Å². The largest absolute Gasteiger partial charge is 0.496 e. The number of benzene rings is 2. The third kappa shape index (κ3) is 5.85. The van der Waals surface area contributed by atoms with Gasteiger partial charge in [-0.25, -0.2) is 4.79 Å². The number of methoxy groups -OCH3 is 1. The molecule has 0 aromatic heterocycles. The Bertz CT molecular complexity index is 901. The molecular formula is C18H17ClN2O7. The van der Waals surface area contributed by atoms with Gasteiger partial charge in [0.15, 0.2) is 13.2 Å². The Hall–Kier alpha value is -3.33. The summed E-state index contributed by atoms with van der Waals surface area (Å²) >= 11 is 5.95. The number of amides is 1. The smallest absolute Gasteiger partial charge is 0.344 e. The Labute approximate surface area is 165 Å². The van der Waals surface area contributed by atoms with Gasteiger partial charge in [-0.05, 0) is 36.8 Å². The summed E-state index contributed by atoms with van der Waals surface area (Å²) in [5.74, 6) is -0.952. The molecule has 1 N–H and O–H groups in total. The first kappa shape index (κ1) is 21.0. The molecule has 0 unspecified atom stereocenters. The second-order valence-corrected chi connectivity index (χ2v) is 5.98. The minimum atomic E-state index is -0.794. The van der Waals surface area contributed by atoms with Crippen LogP contribution in [0.2, 0.25) is 5.02 Å². The second kappa shape index (κ2) is 9.56. The van der Waals surface area contributed by atoms with Gasteiger partial charge < -0.3 is 19.5 Å². The molecule has 148 valence electrons. The number of carbonyl (C=O) groups is 2. The van der Waals surface area contributed by atoms with Gasteiger partial charge in [-0.1, -0.05) is 17.7 Å². The summed E-state index contributed by atoms with van der Waals surface area (Å²) in [5, 5.41) is 13.7. The van der Waals surface area contributed by atoms with Crippen molar-refractivity contribution < 1.29 is 28.7 Å². The molecule has 0 spiro atoms. The van der Waals surface area contributed by atoms with Crippen LogP contribution in [-0.4, -0.2) is 37.1 Å². The zero-order valence-electron chi connectivity index (χ0n) is 15.1. The number of nitro groups is 1. The Balaban J connectivity index is 1.87. The molecule has 0 fully saturated rings. The fourth-order valence-corrected chi connectivity index (χ4v) is 2.30. The van der Waals surface area contributed by atoms with E-state index in [0.29, 0.717) is 10.8 Å². The quantitative estimate of drug-likeness (QED) is 0.405. The van der Waals surface area contributed by atoms with E-state index < -0.39 is 30.0 Å². The molecule has 0 aliphatic carbocycles. The predicted molar refractivity (Wildman–Crippen MR) is 101 cm³/mol. The average Bonchev–Trinajstić information content (AvgIpc) is 2.67. The van der Waals surface area contributed by atoms with E-state index in [0.717, 1.165) is 5.56 Å². The summed E-state index contributed by atoms with van der Waals surface area (Å²) < 4.78 is 15.0. The highest BCUT2D eigenvalue weighted by Crippen LogP contribution is 2.29. The number of rotatable bonds is 8. The second-order valence-electron chi connectivity index (χ2n) is 5.57. The van der Waals surface area contributed by atoms with Crippen LogP contribution in [0.3, 0.4) is 0 Å². The normalized spacial score (nSPS) is 10.1. The van der Waals surface area contributed by atoms with Crippen molar-refractivity contribution in [3.8, 4) is 11.5 Å². The van der Waals surface area contributed by atoms with Gasteiger partial charge in [0, 0.05) is 0 Å². The molecule has 2 aromatic carbocycles. The lowest BCUT2D eigenvalue weighted by Crippen LogP contribution is -2.24. The van der Waals surface area contributed by atoms with Crippen molar-refractivity contribution in [3.63, 3.8) is 0 Å². The van der Waals surface area contributed by atoms with Crippen LogP contribution in [0, 0.1) is 17.0 Å². The maximum atomic E-state index is 11.9. The van der Waals surface area contributed by atoms with E-state index in [1.807, 2.05) is 6.92 Å². The van der Waals surface area contributed by atoms with Crippen molar-refractivity contribution >= 4 is 34.9 Å². The first-order valence-electron chi connectivity index (χ1n) is 7.97. The monoisotopic (exact) mass is 408 g/mol. The number of nitro benzene ring substituents is 1.